The smallest absolute Gasteiger partial charge is 0.220 e. The summed E-state index contributed by atoms with van der Waals surface area (Å²) in [5.74, 6) is 0.000687. The van der Waals surface area contributed by atoms with E-state index >= 15 is 0 Å². The summed E-state index contributed by atoms with van der Waals surface area (Å²) in [4.78, 5) is 11.9. The van der Waals surface area contributed by atoms with Crippen LogP contribution in [0.4, 0.5) is 0 Å². The Balaban J connectivity index is 1.79. The molecule has 1 aromatic carbocycles. The quantitative estimate of drug-likeness (QED) is 0.837. The lowest BCUT2D eigenvalue weighted by Crippen LogP contribution is -2.38. The average molecular weight is 330 g/mol. The van der Waals surface area contributed by atoms with Gasteiger partial charge in [0.15, 0.2) is 0 Å². The molecular formula is C16H21Cl2NO2. The van der Waals surface area contributed by atoms with Crippen LogP contribution in [0.2, 0.25) is 10.0 Å². The largest absolute Gasteiger partial charge is 0.396 e. The summed E-state index contributed by atoms with van der Waals surface area (Å²) < 4.78 is 0. The van der Waals surface area contributed by atoms with Crippen LogP contribution in [0.5, 0.6) is 0 Å². The van der Waals surface area contributed by atoms with Gasteiger partial charge in [0.1, 0.15) is 0 Å². The Morgan fingerprint density at radius 3 is 2.62 bits per heavy atom. The number of halogens is 2. The fourth-order valence-electron chi connectivity index (χ4n) is 2.86. The molecule has 2 N–H and O–H groups in total. The fraction of sp³-hybridized carbons (Fsp3) is 0.562. The molecule has 1 aliphatic carbocycles. The monoisotopic (exact) mass is 329 g/mol. The summed E-state index contributed by atoms with van der Waals surface area (Å²) in [5, 5.41) is 13.7. The summed E-state index contributed by atoms with van der Waals surface area (Å²) in [6, 6.07) is 5.32. The third-order valence-corrected chi connectivity index (χ3v) is 4.88. The van der Waals surface area contributed by atoms with Crippen molar-refractivity contribution in [1.82, 2.24) is 5.32 Å². The van der Waals surface area contributed by atoms with Crippen LogP contribution in [0.15, 0.2) is 18.2 Å². The molecule has 1 saturated carbocycles. The van der Waals surface area contributed by atoms with Gasteiger partial charge in [0.25, 0.3) is 0 Å². The molecule has 3 nitrogen and oxygen atoms in total. The number of hydrogen-bond acceptors (Lipinski definition) is 2. The number of hydrogen-bond donors (Lipinski definition) is 2. The van der Waals surface area contributed by atoms with Crippen molar-refractivity contribution in [3.05, 3.63) is 33.8 Å². The molecule has 0 spiro atoms. The lowest BCUT2D eigenvalue weighted by Gasteiger charge is -2.26. The molecule has 0 radical (unpaired) electrons. The number of rotatable bonds is 6. The van der Waals surface area contributed by atoms with Gasteiger partial charge in [0.05, 0.1) is 6.61 Å². The normalized spacial score (nSPS) is 16.9. The Bertz CT molecular complexity index is 499. The molecule has 0 aliphatic heterocycles. The summed E-state index contributed by atoms with van der Waals surface area (Å²) in [5.41, 5.74) is 0.821. The molecule has 0 unspecified atom stereocenters. The van der Waals surface area contributed by atoms with E-state index in [1.807, 2.05) is 6.07 Å². The van der Waals surface area contributed by atoms with Crippen LogP contribution in [-0.2, 0) is 11.2 Å². The van der Waals surface area contributed by atoms with Crippen molar-refractivity contribution >= 4 is 29.1 Å². The van der Waals surface area contributed by atoms with E-state index in [2.05, 4.69) is 5.32 Å². The van der Waals surface area contributed by atoms with Crippen LogP contribution >= 0.6 is 23.2 Å². The third-order valence-electron chi connectivity index (χ3n) is 4.30. The number of carbonyl (C=O) groups is 1. The summed E-state index contributed by atoms with van der Waals surface area (Å²) in [7, 11) is 0. The molecule has 1 amide bonds. The van der Waals surface area contributed by atoms with E-state index in [0.29, 0.717) is 29.4 Å². The maximum absolute atomic E-state index is 11.9. The Labute approximate surface area is 135 Å². The van der Waals surface area contributed by atoms with Crippen molar-refractivity contribution in [3.63, 3.8) is 0 Å². The van der Waals surface area contributed by atoms with E-state index in [9.17, 15) is 9.90 Å². The van der Waals surface area contributed by atoms with Gasteiger partial charge in [-0.15, -0.1) is 0 Å². The molecule has 0 atom stereocenters. The first kappa shape index (κ1) is 16.6. The van der Waals surface area contributed by atoms with Gasteiger partial charge in [-0.2, -0.15) is 0 Å². The topological polar surface area (TPSA) is 49.3 Å². The second kappa shape index (κ2) is 7.48. The van der Waals surface area contributed by atoms with E-state index in [0.717, 1.165) is 31.2 Å². The highest BCUT2D eigenvalue weighted by Crippen LogP contribution is 2.36. The first-order valence-electron chi connectivity index (χ1n) is 7.36. The number of aliphatic hydroxyl groups is 1. The third kappa shape index (κ3) is 4.60. The maximum Gasteiger partial charge on any atom is 0.220 e. The second-order valence-corrected chi connectivity index (χ2v) is 6.72. The Hall–Kier alpha value is -0.770. The van der Waals surface area contributed by atoms with E-state index in [4.69, 9.17) is 23.2 Å². The summed E-state index contributed by atoms with van der Waals surface area (Å²) in [6.45, 7) is 0.715. The molecule has 0 saturated heterocycles. The highest BCUT2D eigenvalue weighted by Gasteiger charge is 2.33. The zero-order chi connectivity index (χ0) is 15.3. The van der Waals surface area contributed by atoms with Crippen molar-refractivity contribution in [2.24, 2.45) is 5.41 Å². The van der Waals surface area contributed by atoms with Crippen molar-refractivity contribution in [1.29, 1.82) is 0 Å². The molecule has 0 heterocycles. The zero-order valence-corrected chi connectivity index (χ0v) is 13.5. The number of amides is 1. The number of aryl methyl sites for hydroxylation is 1. The maximum atomic E-state index is 11.9. The molecule has 0 aromatic heterocycles. The average Bonchev–Trinajstić information content (AvgIpc) is 2.94. The first-order valence-corrected chi connectivity index (χ1v) is 8.12. The first-order chi connectivity index (χ1) is 10.0. The predicted molar refractivity (Wildman–Crippen MR) is 85.8 cm³/mol. The molecule has 1 aromatic rings. The Kier molecular flexibility index (Phi) is 5.91. The van der Waals surface area contributed by atoms with Crippen LogP contribution in [0.1, 0.15) is 37.7 Å². The molecule has 1 aliphatic rings. The van der Waals surface area contributed by atoms with E-state index < -0.39 is 0 Å². The van der Waals surface area contributed by atoms with Gasteiger partial charge >= 0.3 is 0 Å². The highest BCUT2D eigenvalue weighted by molar-refractivity contribution is 6.35. The summed E-state index contributed by atoms with van der Waals surface area (Å²) in [6.07, 6.45) is 5.24. The molecule has 0 bridgehead atoms. The Morgan fingerprint density at radius 1 is 1.29 bits per heavy atom. The lowest BCUT2D eigenvalue weighted by molar-refractivity contribution is -0.121. The van der Waals surface area contributed by atoms with E-state index in [1.165, 1.54) is 0 Å². The van der Waals surface area contributed by atoms with Crippen LogP contribution in [0.3, 0.4) is 0 Å². The molecule has 116 valence electrons. The number of carbonyl (C=O) groups excluding carboxylic acids is 1. The summed E-state index contributed by atoms with van der Waals surface area (Å²) >= 11 is 11.9. The van der Waals surface area contributed by atoms with Crippen molar-refractivity contribution in [2.75, 3.05) is 13.2 Å². The van der Waals surface area contributed by atoms with Crippen molar-refractivity contribution < 1.29 is 9.90 Å². The molecule has 1 fully saturated rings. The van der Waals surface area contributed by atoms with E-state index in [-0.39, 0.29) is 17.9 Å². The second-order valence-electron chi connectivity index (χ2n) is 5.88. The van der Waals surface area contributed by atoms with Crippen LogP contribution in [0.25, 0.3) is 0 Å². The van der Waals surface area contributed by atoms with Gasteiger partial charge in [-0.25, -0.2) is 0 Å². The van der Waals surface area contributed by atoms with Gasteiger partial charge in [-0.3, -0.25) is 4.79 Å². The fourth-order valence-corrected chi connectivity index (χ4v) is 3.37. The van der Waals surface area contributed by atoms with Crippen molar-refractivity contribution in [2.45, 2.75) is 38.5 Å². The number of aliphatic hydroxyl groups excluding tert-OH is 1. The van der Waals surface area contributed by atoms with Gasteiger partial charge in [0.2, 0.25) is 5.91 Å². The number of benzene rings is 1. The minimum absolute atomic E-state index is 0.000687. The molecular weight excluding hydrogens is 309 g/mol. The lowest BCUT2D eigenvalue weighted by atomic mass is 9.87. The minimum atomic E-state index is -0.104. The Morgan fingerprint density at radius 2 is 2.00 bits per heavy atom. The van der Waals surface area contributed by atoms with Gasteiger partial charge in [-0.1, -0.05) is 42.1 Å². The molecule has 5 heteroatoms. The van der Waals surface area contributed by atoms with E-state index in [1.54, 1.807) is 12.1 Å². The highest BCUT2D eigenvalue weighted by atomic mass is 35.5. The predicted octanol–water partition coefficient (Wildman–Crippen LogP) is 3.59. The molecule has 2 rings (SSSR count). The molecule has 21 heavy (non-hydrogen) atoms. The van der Waals surface area contributed by atoms with Crippen LogP contribution < -0.4 is 5.32 Å². The number of nitrogens with one attached hydrogen (secondary N) is 1. The van der Waals surface area contributed by atoms with Crippen LogP contribution in [0, 0.1) is 5.41 Å². The standard InChI is InChI=1S/C16H21Cl2NO2/c17-13-5-3-12(14(18)9-13)4-6-15(21)19-10-16(11-20)7-1-2-8-16/h3,5,9,20H,1-2,4,6-8,10-11H2,(H,19,21). The van der Waals surface area contributed by atoms with Crippen LogP contribution in [-0.4, -0.2) is 24.2 Å². The minimum Gasteiger partial charge on any atom is -0.396 e. The van der Waals surface area contributed by atoms with Gasteiger partial charge in [0, 0.05) is 28.4 Å². The SMILES string of the molecule is O=C(CCc1ccc(Cl)cc1Cl)NCC1(CO)CCCC1. The zero-order valence-electron chi connectivity index (χ0n) is 12.0. The van der Waals surface area contributed by atoms with Crippen molar-refractivity contribution in [3.8, 4) is 0 Å². The van der Waals surface area contributed by atoms with Gasteiger partial charge in [-0.05, 0) is 37.0 Å². The van der Waals surface area contributed by atoms with Gasteiger partial charge < -0.3 is 10.4 Å².